The highest BCUT2D eigenvalue weighted by Gasteiger charge is 2.05. The molecule has 0 saturated carbocycles. The van der Waals surface area contributed by atoms with Crippen LogP contribution in [0.2, 0.25) is 0 Å². The molecule has 0 aliphatic carbocycles. The van der Waals surface area contributed by atoms with Gasteiger partial charge in [-0.3, -0.25) is 19.2 Å². The Morgan fingerprint density at radius 1 is 0.731 bits per heavy atom. The third-order valence-electron chi connectivity index (χ3n) is 2.27. The minimum absolute atomic E-state index is 0.0671. The Bertz CT molecular complexity index is 585. The van der Waals surface area contributed by atoms with Gasteiger partial charge < -0.3 is 31.3 Å². The number of primary amides is 1. The summed E-state index contributed by atoms with van der Waals surface area (Å²) in [6, 6.07) is 5.81. The molecular weight excluding hydrogens is 354 g/mol. The Kier molecular flexibility index (Phi) is 13.0. The van der Waals surface area contributed by atoms with Crippen LogP contribution >= 0.6 is 0 Å². The second-order valence-electron chi connectivity index (χ2n) is 4.47. The van der Waals surface area contributed by atoms with E-state index in [0.29, 0.717) is 0 Å². The normalized spacial score (nSPS) is 8.77. The molecule has 144 valence electrons. The highest BCUT2D eigenvalue weighted by molar-refractivity contribution is 5.90. The van der Waals surface area contributed by atoms with Crippen molar-refractivity contribution in [3.8, 4) is 5.75 Å². The summed E-state index contributed by atoms with van der Waals surface area (Å²) in [7, 11) is 0. The molecule has 0 heterocycles. The average molecular weight is 373 g/mol. The lowest BCUT2D eigenvalue weighted by Gasteiger charge is -1.95. The molecule has 0 aliphatic rings. The predicted molar refractivity (Wildman–Crippen MR) is 85.6 cm³/mol. The molecule has 0 saturated heterocycles. The highest BCUT2D eigenvalue weighted by Crippen LogP contribution is 2.14. The predicted octanol–water partition coefficient (Wildman–Crippen LogP) is 0.363. The molecule has 0 bridgehead atoms. The van der Waals surface area contributed by atoms with Crippen molar-refractivity contribution in [3.63, 3.8) is 0 Å². The van der Waals surface area contributed by atoms with E-state index in [-0.39, 0.29) is 37.0 Å². The minimum Gasteiger partial charge on any atom is -0.507 e. The number of carboxylic acids is 4. The largest absolute Gasteiger partial charge is 0.507 e. The van der Waals surface area contributed by atoms with Crippen LogP contribution in [0, 0.1) is 0 Å². The van der Waals surface area contributed by atoms with Gasteiger partial charge in [-0.15, -0.1) is 0 Å². The smallest absolute Gasteiger partial charge is 0.339 e. The number of phenols is 1. The van der Waals surface area contributed by atoms with E-state index in [1.807, 2.05) is 0 Å². The van der Waals surface area contributed by atoms with E-state index < -0.39 is 29.8 Å². The van der Waals surface area contributed by atoms with Crippen molar-refractivity contribution < 1.29 is 49.5 Å². The summed E-state index contributed by atoms with van der Waals surface area (Å²) in [5.74, 6) is -5.04. The lowest BCUT2D eigenvalue weighted by Crippen LogP contribution is -2.12. The van der Waals surface area contributed by atoms with Crippen LogP contribution < -0.4 is 5.73 Å². The van der Waals surface area contributed by atoms with Gasteiger partial charge in [0.05, 0.1) is 19.3 Å². The maximum atomic E-state index is 10.3. The maximum Gasteiger partial charge on any atom is 0.339 e. The average Bonchev–Trinajstić information content (AvgIpc) is 2.52. The Balaban J connectivity index is 0. The van der Waals surface area contributed by atoms with Gasteiger partial charge in [0, 0.05) is 6.42 Å². The molecule has 0 fully saturated rings. The molecule has 1 aromatic carbocycles. The first-order valence-electron chi connectivity index (χ1n) is 6.92. The second-order valence-corrected chi connectivity index (χ2v) is 4.47. The third kappa shape index (κ3) is 16.7. The first kappa shape index (κ1) is 24.6. The number of aromatic hydroxyl groups is 1. The maximum absolute atomic E-state index is 10.3. The molecule has 1 rings (SSSR count). The van der Waals surface area contributed by atoms with Crippen molar-refractivity contribution in [1.82, 2.24) is 0 Å². The topological polar surface area (TPSA) is 213 Å². The first-order chi connectivity index (χ1) is 12.0. The molecule has 11 nitrogen and oxygen atoms in total. The van der Waals surface area contributed by atoms with Crippen LogP contribution in [0.25, 0.3) is 0 Å². The van der Waals surface area contributed by atoms with Gasteiger partial charge >= 0.3 is 23.9 Å². The zero-order valence-electron chi connectivity index (χ0n) is 13.5. The number of hydrogen-bond acceptors (Lipinski definition) is 6. The van der Waals surface area contributed by atoms with Crippen LogP contribution in [0.15, 0.2) is 24.3 Å². The Morgan fingerprint density at radius 3 is 1.35 bits per heavy atom. The number of carbonyl (C=O) groups excluding carboxylic acids is 1. The van der Waals surface area contributed by atoms with Crippen molar-refractivity contribution in [1.29, 1.82) is 0 Å². The summed E-state index contributed by atoms with van der Waals surface area (Å²) in [6.07, 6.45) is -0.838. The number of carbonyl (C=O) groups is 5. The molecule has 1 aromatic rings. The van der Waals surface area contributed by atoms with E-state index in [0.717, 1.165) is 0 Å². The molecule has 26 heavy (non-hydrogen) atoms. The van der Waals surface area contributed by atoms with E-state index in [2.05, 4.69) is 5.73 Å². The lowest BCUT2D eigenvalue weighted by molar-refractivity contribution is -0.143. The van der Waals surface area contributed by atoms with Crippen LogP contribution in [-0.4, -0.2) is 55.3 Å². The number of para-hydroxylation sites is 1. The number of amides is 1. The molecule has 0 unspecified atom stereocenters. The number of carboxylic acid groups (broad SMARTS) is 4. The number of rotatable bonds is 7. The van der Waals surface area contributed by atoms with Crippen LogP contribution in [0.5, 0.6) is 5.75 Å². The monoisotopic (exact) mass is 373 g/mol. The molecule has 0 aromatic heterocycles. The Morgan fingerprint density at radius 2 is 1.12 bits per heavy atom. The van der Waals surface area contributed by atoms with Crippen molar-refractivity contribution in [2.45, 2.75) is 25.7 Å². The van der Waals surface area contributed by atoms with Gasteiger partial charge in [-0.25, -0.2) is 4.79 Å². The quantitative estimate of drug-likeness (QED) is 0.386. The van der Waals surface area contributed by atoms with E-state index >= 15 is 0 Å². The molecule has 0 radical (unpaired) electrons. The minimum atomic E-state index is -1.11. The fourth-order valence-electron chi connectivity index (χ4n) is 1.10. The summed E-state index contributed by atoms with van der Waals surface area (Å²) < 4.78 is 0. The summed E-state index contributed by atoms with van der Waals surface area (Å²) in [6.45, 7) is 0. The Labute approximate surface area is 147 Å². The van der Waals surface area contributed by atoms with Gasteiger partial charge in [-0.05, 0) is 12.1 Å². The summed E-state index contributed by atoms with van der Waals surface area (Å²) >= 11 is 0. The van der Waals surface area contributed by atoms with Gasteiger partial charge in [0.25, 0.3) is 0 Å². The van der Waals surface area contributed by atoms with Gasteiger partial charge in [0.15, 0.2) is 0 Å². The number of hydrogen-bond donors (Lipinski definition) is 6. The summed E-state index contributed by atoms with van der Waals surface area (Å²) in [5.41, 5.74) is 4.57. The molecule has 1 amide bonds. The number of aromatic carboxylic acids is 1. The van der Waals surface area contributed by atoms with Gasteiger partial charge in [-0.1, -0.05) is 12.1 Å². The zero-order chi connectivity index (χ0) is 20.7. The van der Waals surface area contributed by atoms with Crippen molar-refractivity contribution in [2.75, 3.05) is 0 Å². The van der Waals surface area contributed by atoms with Crippen LogP contribution in [0.3, 0.4) is 0 Å². The molecule has 0 aliphatic heterocycles. The van der Waals surface area contributed by atoms with Crippen molar-refractivity contribution >= 4 is 29.8 Å². The van der Waals surface area contributed by atoms with Crippen molar-refractivity contribution in [3.05, 3.63) is 29.8 Å². The van der Waals surface area contributed by atoms with E-state index in [1.165, 1.54) is 12.1 Å². The summed E-state index contributed by atoms with van der Waals surface area (Å²) in [5, 5.41) is 41.1. The fraction of sp³-hybridized carbons (Fsp3) is 0.267. The number of benzene rings is 1. The van der Waals surface area contributed by atoms with Crippen molar-refractivity contribution in [2.24, 2.45) is 5.73 Å². The molecule has 11 heteroatoms. The fourth-order valence-corrected chi connectivity index (χ4v) is 1.10. The highest BCUT2D eigenvalue weighted by atomic mass is 16.4. The van der Waals surface area contributed by atoms with E-state index in [1.54, 1.807) is 12.1 Å². The van der Waals surface area contributed by atoms with Crippen LogP contribution in [0.1, 0.15) is 36.0 Å². The van der Waals surface area contributed by atoms with Crippen LogP contribution in [0.4, 0.5) is 0 Å². The van der Waals surface area contributed by atoms with Gasteiger partial charge in [0.1, 0.15) is 11.3 Å². The Hall–Kier alpha value is -3.63. The summed E-state index contributed by atoms with van der Waals surface area (Å²) in [4.78, 5) is 49.1. The molecule has 0 atom stereocenters. The van der Waals surface area contributed by atoms with E-state index in [4.69, 9.17) is 25.5 Å². The molecular formula is C15H19NO10. The first-order valence-corrected chi connectivity index (χ1v) is 6.92. The standard InChI is InChI=1S/C7H6O3.C4H7NO3.C4H6O4/c8-6-4-2-1-3-5(6)7(9)10;2*5-3(6)1-2-4(7)8/h1-4,8H,(H,9,10);1-2H2,(H2,5,6)(H,7,8);1-2H2,(H,5,6)(H,7,8). The number of aliphatic carboxylic acids is 3. The molecule has 7 N–H and O–H groups in total. The third-order valence-corrected chi connectivity index (χ3v) is 2.27. The SMILES string of the molecule is NC(=O)CCC(=O)O.O=C(O)CCC(=O)O.O=C(O)c1ccccc1O. The van der Waals surface area contributed by atoms with Gasteiger partial charge in [0.2, 0.25) is 5.91 Å². The lowest BCUT2D eigenvalue weighted by atomic mass is 10.2. The van der Waals surface area contributed by atoms with Crippen LogP contribution in [-0.2, 0) is 19.2 Å². The second kappa shape index (κ2) is 13.8. The van der Waals surface area contributed by atoms with Gasteiger partial charge in [-0.2, -0.15) is 0 Å². The number of nitrogens with two attached hydrogens (primary N) is 1. The molecule has 0 spiro atoms. The van der Waals surface area contributed by atoms with E-state index in [9.17, 15) is 24.0 Å². The zero-order valence-corrected chi connectivity index (χ0v) is 13.5.